The summed E-state index contributed by atoms with van der Waals surface area (Å²) in [5.41, 5.74) is 0.574. The van der Waals surface area contributed by atoms with Crippen LogP contribution in [-0.2, 0) is 0 Å². The molecule has 1 aromatic rings. The lowest BCUT2D eigenvalue weighted by Gasteiger charge is -2.07. The first kappa shape index (κ1) is 12.3. The maximum Gasteiger partial charge on any atom is 0.159 e. The lowest BCUT2D eigenvalue weighted by atomic mass is 10.1. The van der Waals surface area contributed by atoms with Crippen LogP contribution < -0.4 is 4.74 Å². The van der Waals surface area contributed by atoms with Crippen LogP contribution in [-0.4, -0.2) is 12.4 Å². The Morgan fingerprint density at radius 3 is 2.73 bits per heavy atom. The van der Waals surface area contributed by atoms with Crippen LogP contribution in [0.5, 0.6) is 5.75 Å². The molecule has 0 bridgehead atoms. The Balaban J connectivity index is 2.83. The SMILES string of the molecule is C=C(Br)COc1ccc(C(C)=O)cc1Cl. The molecule has 0 fully saturated rings. The van der Waals surface area contributed by atoms with Crippen molar-refractivity contribution in [2.75, 3.05) is 6.61 Å². The predicted octanol–water partition coefficient (Wildman–Crippen LogP) is 3.83. The Labute approximate surface area is 102 Å². The first-order valence-corrected chi connectivity index (χ1v) is 5.44. The predicted molar refractivity (Wildman–Crippen MR) is 65.0 cm³/mol. The summed E-state index contributed by atoms with van der Waals surface area (Å²) < 4.78 is 6.07. The van der Waals surface area contributed by atoms with Crippen molar-refractivity contribution in [3.8, 4) is 5.75 Å². The van der Waals surface area contributed by atoms with E-state index in [-0.39, 0.29) is 5.78 Å². The number of carbonyl (C=O) groups is 1. The van der Waals surface area contributed by atoms with E-state index in [9.17, 15) is 4.79 Å². The Kier molecular flexibility index (Phi) is 4.36. The minimum atomic E-state index is -0.0200. The molecule has 0 amide bonds. The number of hydrogen-bond acceptors (Lipinski definition) is 2. The van der Waals surface area contributed by atoms with Crippen molar-refractivity contribution in [3.63, 3.8) is 0 Å². The minimum Gasteiger partial charge on any atom is -0.487 e. The first-order chi connectivity index (χ1) is 7.00. The molecular formula is C11H10BrClO2. The highest BCUT2D eigenvalue weighted by molar-refractivity contribution is 9.11. The zero-order valence-corrected chi connectivity index (χ0v) is 10.6. The fourth-order valence-electron chi connectivity index (χ4n) is 0.993. The zero-order valence-electron chi connectivity index (χ0n) is 8.22. The number of ether oxygens (including phenoxy) is 1. The Morgan fingerprint density at radius 2 is 2.27 bits per heavy atom. The Hall–Kier alpha value is -0.800. The number of Topliss-reactive ketones (excluding diaryl/α,β-unsaturated/α-hetero) is 1. The lowest BCUT2D eigenvalue weighted by molar-refractivity contribution is 0.101. The molecule has 0 aromatic heterocycles. The Morgan fingerprint density at radius 1 is 1.60 bits per heavy atom. The van der Waals surface area contributed by atoms with Crippen LogP contribution in [0.25, 0.3) is 0 Å². The number of rotatable bonds is 4. The molecule has 0 saturated heterocycles. The summed E-state index contributed by atoms with van der Waals surface area (Å²) in [5, 5.41) is 0.427. The summed E-state index contributed by atoms with van der Waals surface area (Å²) in [7, 11) is 0. The van der Waals surface area contributed by atoms with E-state index in [1.807, 2.05) is 0 Å². The van der Waals surface area contributed by atoms with Gasteiger partial charge >= 0.3 is 0 Å². The maximum atomic E-state index is 11.1. The highest BCUT2D eigenvalue weighted by Gasteiger charge is 2.05. The van der Waals surface area contributed by atoms with Crippen molar-refractivity contribution in [2.45, 2.75) is 6.92 Å². The monoisotopic (exact) mass is 288 g/mol. The van der Waals surface area contributed by atoms with Crippen molar-refractivity contribution >= 4 is 33.3 Å². The van der Waals surface area contributed by atoms with Crippen LogP contribution in [0, 0.1) is 0 Å². The average molecular weight is 290 g/mol. The third-order valence-corrected chi connectivity index (χ3v) is 2.25. The summed E-state index contributed by atoms with van der Waals surface area (Å²) in [6.45, 7) is 5.48. The molecule has 0 unspecified atom stereocenters. The minimum absolute atomic E-state index is 0.0200. The summed E-state index contributed by atoms with van der Waals surface area (Å²) in [5.74, 6) is 0.524. The van der Waals surface area contributed by atoms with E-state index in [0.717, 1.165) is 4.48 Å². The van der Waals surface area contributed by atoms with E-state index in [1.165, 1.54) is 6.92 Å². The van der Waals surface area contributed by atoms with Gasteiger partial charge in [-0.05, 0) is 25.1 Å². The van der Waals surface area contributed by atoms with Gasteiger partial charge in [-0.2, -0.15) is 0 Å². The maximum absolute atomic E-state index is 11.1. The van der Waals surface area contributed by atoms with Crippen molar-refractivity contribution in [2.24, 2.45) is 0 Å². The third-order valence-electron chi connectivity index (χ3n) is 1.72. The molecule has 0 aliphatic carbocycles. The van der Waals surface area contributed by atoms with Crippen LogP contribution in [0.4, 0.5) is 0 Å². The molecule has 0 atom stereocenters. The molecule has 4 heteroatoms. The number of ketones is 1. The fraction of sp³-hybridized carbons (Fsp3) is 0.182. The third kappa shape index (κ3) is 3.68. The van der Waals surface area contributed by atoms with E-state index < -0.39 is 0 Å². The molecule has 0 radical (unpaired) electrons. The second-order valence-electron chi connectivity index (χ2n) is 3.01. The van der Waals surface area contributed by atoms with Crippen molar-refractivity contribution in [1.29, 1.82) is 0 Å². The molecule has 80 valence electrons. The van der Waals surface area contributed by atoms with Gasteiger partial charge in [0.15, 0.2) is 5.78 Å². The standard InChI is InChI=1S/C11H10BrClO2/c1-7(12)6-15-11-4-3-9(8(2)14)5-10(11)13/h3-5H,1,6H2,2H3. The molecule has 0 spiro atoms. The van der Waals surface area contributed by atoms with Crippen molar-refractivity contribution < 1.29 is 9.53 Å². The van der Waals surface area contributed by atoms with Crippen molar-refractivity contribution in [1.82, 2.24) is 0 Å². The lowest BCUT2D eigenvalue weighted by Crippen LogP contribution is -1.98. The van der Waals surface area contributed by atoms with Gasteiger partial charge in [-0.25, -0.2) is 0 Å². The van der Waals surface area contributed by atoms with E-state index in [1.54, 1.807) is 18.2 Å². The highest BCUT2D eigenvalue weighted by atomic mass is 79.9. The molecule has 1 aromatic carbocycles. The van der Waals surface area contributed by atoms with Crippen LogP contribution >= 0.6 is 27.5 Å². The van der Waals surface area contributed by atoms with Gasteiger partial charge in [0.1, 0.15) is 12.4 Å². The number of carbonyl (C=O) groups excluding carboxylic acids is 1. The van der Waals surface area contributed by atoms with Gasteiger partial charge in [-0.1, -0.05) is 34.1 Å². The molecule has 2 nitrogen and oxygen atoms in total. The molecular weight excluding hydrogens is 279 g/mol. The van der Waals surface area contributed by atoms with E-state index in [0.29, 0.717) is 22.9 Å². The summed E-state index contributed by atoms with van der Waals surface area (Å²) in [6.07, 6.45) is 0. The molecule has 1 rings (SSSR count). The van der Waals surface area contributed by atoms with Gasteiger partial charge in [0.2, 0.25) is 0 Å². The van der Waals surface area contributed by atoms with Crippen LogP contribution in [0.2, 0.25) is 5.02 Å². The van der Waals surface area contributed by atoms with E-state index >= 15 is 0 Å². The van der Waals surface area contributed by atoms with Crippen LogP contribution in [0.3, 0.4) is 0 Å². The van der Waals surface area contributed by atoms with E-state index in [4.69, 9.17) is 16.3 Å². The molecule has 0 heterocycles. The fourth-order valence-corrected chi connectivity index (χ4v) is 1.34. The molecule has 0 aliphatic rings. The quantitative estimate of drug-likeness (QED) is 0.787. The van der Waals surface area contributed by atoms with Gasteiger partial charge in [0.25, 0.3) is 0 Å². The summed E-state index contributed by atoms with van der Waals surface area (Å²) in [6, 6.07) is 4.95. The van der Waals surface area contributed by atoms with Gasteiger partial charge in [0.05, 0.1) is 5.02 Å². The van der Waals surface area contributed by atoms with Gasteiger partial charge in [-0.15, -0.1) is 0 Å². The van der Waals surface area contributed by atoms with Crippen LogP contribution in [0.1, 0.15) is 17.3 Å². The molecule has 0 aliphatic heterocycles. The van der Waals surface area contributed by atoms with Gasteiger partial charge in [-0.3, -0.25) is 4.79 Å². The number of halogens is 2. The van der Waals surface area contributed by atoms with E-state index in [2.05, 4.69) is 22.5 Å². The molecule has 0 N–H and O–H groups in total. The number of benzene rings is 1. The molecule has 15 heavy (non-hydrogen) atoms. The highest BCUT2D eigenvalue weighted by Crippen LogP contribution is 2.26. The van der Waals surface area contributed by atoms with Crippen LogP contribution in [0.15, 0.2) is 29.3 Å². The zero-order chi connectivity index (χ0) is 11.4. The Bertz CT molecular complexity index is 402. The largest absolute Gasteiger partial charge is 0.487 e. The summed E-state index contributed by atoms with van der Waals surface area (Å²) in [4.78, 5) is 11.1. The van der Waals surface area contributed by atoms with Gasteiger partial charge in [0, 0.05) is 10.0 Å². The topological polar surface area (TPSA) is 26.3 Å². The second kappa shape index (κ2) is 5.33. The van der Waals surface area contributed by atoms with Gasteiger partial charge < -0.3 is 4.74 Å². The average Bonchev–Trinajstić information content (AvgIpc) is 2.15. The number of hydrogen-bond donors (Lipinski definition) is 0. The smallest absolute Gasteiger partial charge is 0.159 e. The van der Waals surface area contributed by atoms with Crippen molar-refractivity contribution in [3.05, 3.63) is 39.8 Å². The normalized spacial score (nSPS) is 9.80. The summed E-state index contributed by atoms with van der Waals surface area (Å²) >= 11 is 9.11. The first-order valence-electron chi connectivity index (χ1n) is 4.27. The molecule has 0 saturated carbocycles. The second-order valence-corrected chi connectivity index (χ2v) is 4.54.